The van der Waals surface area contributed by atoms with Crippen LogP contribution >= 0.6 is 0 Å². The number of carbonyl (C=O) groups is 1. The summed E-state index contributed by atoms with van der Waals surface area (Å²) in [5.74, 6) is 5.09. The van der Waals surface area contributed by atoms with E-state index in [1.54, 1.807) is 25.3 Å². The third kappa shape index (κ3) is 5.45. The molecule has 0 amide bonds. The maximum atomic E-state index is 11.4. The summed E-state index contributed by atoms with van der Waals surface area (Å²) in [6.07, 6.45) is -1.12. The number of esters is 1. The van der Waals surface area contributed by atoms with Crippen molar-refractivity contribution in [2.45, 2.75) is 6.10 Å². The van der Waals surface area contributed by atoms with Crippen molar-refractivity contribution in [1.29, 1.82) is 0 Å². The molecule has 1 aliphatic rings. The zero-order valence-corrected chi connectivity index (χ0v) is 12.7. The monoisotopic (exact) mass is 322 g/mol. The Morgan fingerprint density at radius 1 is 1.26 bits per heavy atom. The lowest BCUT2D eigenvalue weighted by atomic mass is 10.1. The highest BCUT2D eigenvalue weighted by molar-refractivity contribution is 5.88. The molecule has 0 saturated heterocycles. The van der Waals surface area contributed by atoms with Gasteiger partial charge in [-0.1, -0.05) is 12.0 Å². The van der Waals surface area contributed by atoms with Crippen LogP contribution in [0.4, 0.5) is 0 Å². The second kappa shape index (κ2) is 9.00. The number of ether oxygens (including phenoxy) is 5. The summed E-state index contributed by atoms with van der Waals surface area (Å²) in [5, 5.41) is 9.95. The summed E-state index contributed by atoms with van der Waals surface area (Å²) in [4.78, 5) is 11.4. The molecule has 23 heavy (non-hydrogen) atoms. The van der Waals surface area contributed by atoms with Gasteiger partial charge < -0.3 is 28.8 Å². The molecule has 0 radical (unpaired) electrons. The molecule has 7 heteroatoms. The van der Waals surface area contributed by atoms with E-state index in [0.29, 0.717) is 30.3 Å². The molecule has 0 spiro atoms. The average Bonchev–Trinajstić information content (AvgIpc) is 3.03. The van der Waals surface area contributed by atoms with Crippen molar-refractivity contribution in [3.05, 3.63) is 23.8 Å². The summed E-state index contributed by atoms with van der Waals surface area (Å²) < 4.78 is 25.2. The van der Waals surface area contributed by atoms with E-state index in [-0.39, 0.29) is 20.0 Å². The second-order valence-electron chi connectivity index (χ2n) is 4.53. The third-order valence-corrected chi connectivity index (χ3v) is 2.92. The Morgan fingerprint density at radius 2 is 2.04 bits per heavy atom. The van der Waals surface area contributed by atoms with E-state index in [9.17, 15) is 9.90 Å². The van der Waals surface area contributed by atoms with Crippen LogP contribution in [0.25, 0.3) is 0 Å². The Balaban J connectivity index is 1.75. The van der Waals surface area contributed by atoms with Gasteiger partial charge in [0.15, 0.2) is 11.5 Å². The number of aliphatic hydroxyl groups excluding tert-OH is 1. The van der Waals surface area contributed by atoms with Crippen molar-refractivity contribution in [2.75, 3.05) is 40.3 Å². The molecule has 0 bridgehead atoms. The molecule has 0 aliphatic carbocycles. The Kier molecular flexibility index (Phi) is 6.69. The van der Waals surface area contributed by atoms with Gasteiger partial charge in [0.05, 0.1) is 19.8 Å². The molecule has 0 aromatic heterocycles. The van der Waals surface area contributed by atoms with E-state index in [4.69, 9.17) is 23.7 Å². The van der Waals surface area contributed by atoms with Crippen molar-refractivity contribution in [3.63, 3.8) is 0 Å². The van der Waals surface area contributed by atoms with Crippen LogP contribution in [-0.2, 0) is 19.0 Å². The van der Waals surface area contributed by atoms with Gasteiger partial charge in [0.2, 0.25) is 6.79 Å². The fraction of sp³-hybridized carbons (Fsp3) is 0.438. The van der Waals surface area contributed by atoms with E-state index >= 15 is 0 Å². The highest BCUT2D eigenvalue weighted by atomic mass is 16.7. The predicted octanol–water partition coefficient (Wildman–Crippen LogP) is 0.658. The Labute approximate surface area is 134 Å². The number of fused-ring (bicyclic) bond motifs is 1. The van der Waals surface area contributed by atoms with Crippen molar-refractivity contribution in [2.24, 2.45) is 0 Å². The van der Waals surface area contributed by atoms with Crippen LogP contribution in [0.1, 0.15) is 11.7 Å². The first kappa shape index (κ1) is 17.1. The van der Waals surface area contributed by atoms with Gasteiger partial charge in [-0.05, 0) is 17.7 Å². The molecule has 1 aliphatic heterocycles. The Bertz CT molecular complexity index is 588. The standard InChI is InChI=1S/C16H18O7/c1-19-6-7-20-8-9-21-16(18)5-3-13(17)12-2-4-14-15(10-12)23-11-22-14/h2,4,10,13,17H,6-9,11H2,1H3. The molecule has 2 rings (SSSR count). The van der Waals surface area contributed by atoms with Crippen molar-refractivity contribution < 1.29 is 33.6 Å². The lowest BCUT2D eigenvalue weighted by molar-refractivity contribution is -0.138. The van der Waals surface area contributed by atoms with Gasteiger partial charge in [0.1, 0.15) is 12.7 Å². The van der Waals surface area contributed by atoms with E-state index in [0.717, 1.165) is 0 Å². The number of benzene rings is 1. The van der Waals surface area contributed by atoms with Crippen LogP contribution in [0.15, 0.2) is 18.2 Å². The van der Waals surface area contributed by atoms with Crippen LogP contribution in [0.3, 0.4) is 0 Å². The molecule has 124 valence electrons. The lowest BCUT2D eigenvalue weighted by Crippen LogP contribution is -2.11. The van der Waals surface area contributed by atoms with Crippen molar-refractivity contribution in [1.82, 2.24) is 0 Å². The van der Waals surface area contributed by atoms with E-state index < -0.39 is 12.1 Å². The number of aliphatic hydroxyl groups is 1. The fourth-order valence-corrected chi connectivity index (χ4v) is 1.77. The molecule has 0 saturated carbocycles. The first-order chi connectivity index (χ1) is 11.2. The van der Waals surface area contributed by atoms with Crippen LogP contribution in [-0.4, -0.2) is 51.4 Å². The van der Waals surface area contributed by atoms with E-state index in [1.165, 1.54) is 0 Å². The summed E-state index contributed by atoms with van der Waals surface area (Å²) in [6, 6.07) is 4.96. The number of hydrogen-bond donors (Lipinski definition) is 1. The normalized spacial score (nSPS) is 13.1. The van der Waals surface area contributed by atoms with Crippen molar-refractivity contribution in [3.8, 4) is 23.3 Å². The zero-order chi connectivity index (χ0) is 16.5. The minimum absolute atomic E-state index is 0.0946. The van der Waals surface area contributed by atoms with Crippen LogP contribution < -0.4 is 9.47 Å². The molecular formula is C16H18O7. The summed E-state index contributed by atoms with van der Waals surface area (Å²) in [5.41, 5.74) is 0.512. The number of carbonyl (C=O) groups excluding carboxylic acids is 1. The van der Waals surface area contributed by atoms with Gasteiger partial charge >= 0.3 is 5.97 Å². The first-order valence-corrected chi connectivity index (χ1v) is 7.03. The topological polar surface area (TPSA) is 83.5 Å². The Morgan fingerprint density at radius 3 is 2.87 bits per heavy atom. The number of rotatable bonds is 7. The number of hydrogen-bond acceptors (Lipinski definition) is 7. The third-order valence-electron chi connectivity index (χ3n) is 2.92. The maximum absolute atomic E-state index is 11.4. The molecule has 0 fully saturated rings. The first-order valence-electron chi connectivity index (χ1n) is 7.03. The minimum Gasteiger partial charge on any atom is -0.454 e. The largest absolute Gasteiger partial charge is 0.454 e. The van der Waals surface area contributed by atoms with Gasteiger partial charge in [-0.3, -0.25) is 0 Å². The van der Waals surface area contributed by atoms with Gasteiger partial charge in [-0.25, -0.2) is 4.79 Å². The zero-order valence-electron chi connectivity index (χ0n) is 12.7. The number of methoxy groups -OCH3 is 1. The second-order valence-corrected chi connectivity index (χ2v) is 4.53. The molecule has 1 unspecified atom stereocenters. The average molecular weight is 322 g/mol. The molecule has 1 atom stereocenters. The van der Waals surface area contributed by atoms with Crippen LogP contribution in [0, 0.1) is 11.8 Å². The quantitative estimate of drug-likeness (QED) is 0.342. The summed E-state index contributed by atoms with van der Waals surface area (Å²) in [6.45, 7) is 1.43. The molecule has 7 nitrogen and oxygen atoms in total. The van der Waals surface area contributed by atoms with Crippen LogP contribution in [0.2, 0.25) is 0 Å². The lowest BCUT2D eigenvalue weighted by Gasteiger charge is -2.05. The molecule has 1 aromatic rings. The molecule has 1 aromatic carbocycles. The van der Waals surface area contributed by atoms with Gasteiger partial charge in [0.25, 0.3) is 0 Å². The highest BCUT2D eigenvalue weighted by Crippen LogP contribution is 2.33. The minimum atomic E-state index is -1.12. The van der Waals surface area contributed by atoms with Gasteiger partial charge in [0, 0.05) is 13.0 Å². The summed E-state index contributed by atoms with van der Waals surface area (Å²) in [7, 11) is 1.57. The van der Waals surface area contributed by atoms with Gasteiger partial charge in [-0.2, -0.15) is 0 Å². The Hall–Kier alpha value is -2.27. The maximum Gasteiger partial charge on any atom is 0.384 e. The smallest absolute Gasteiger partial charge is 0.384 e. The molecule has 1 N–H and O–H groups in total. The predicted molar refractivity (Wildman–Crippen MR) is 79.0 cm³/mol. The van der Waals surface area contributed by atoms with E-state index in [1.807, 2.05) is 0 Å². The molecular weight excluding hydrogens is 304 g/mol. The molecule has 1 heterocycles. The fourth-order valence-electron chi connectivity index (χ4n) is 1.77. The SMILES string of the molecule is COCCOCCOC(=O)C#CC(O)c1ccc2c(c1)OCO2. The van der Waals surface area contributed by atoms with Gasteiger partial charge in [-0.15, -0.1) is 0 Å². The summed E-state index contributed by atoms with van der Waals surface area (Å²) >= 11 is 0. The van der Waals surface area contributed by atoms with Crippen LogP contribution in [0.5, 0.6) is 11.5 Å². The van der Waals surface area contributed by atoms with Crippen molar-refractivity contribution >= 4 is 5.97 Å². The highest BCUT2D eigenvalue weighted by Gasteiger charge is 2.15. The van der Waals surface area contributed by atoms with E-state index in [2.05, 4.69) is 11.8 Å².